The molecule has 0 bridgehead atoms. The third-order valence-electron chi connectivity index (χ3n) is 9.98. The molecule has 250 valence electrons. The second kappa shape index (κ2) is 12.8. The van der Waals surface area contributed by atoms with Gasteiger partial charge in [-0.15, -0.1) is 0 Å². The van der Waals surface area contributed by atoms with Crippen molar-refractivity contribution in [3.05, 3.63) is 192 Å². The van der Waals surface area contributed by atoms with Gasteiger partial charge in [0.25, 0.3) is 0 Å². The molecule has 5 heteroatoms. The van der Waals surface area contributed by atoms with Crippen molar-refractivity contribution in [1.82, 2.24) is 0 Å². The van der Waals surface area contributed by atoms with Crippen molar-refractivity contribution >= 4 is 89.0 Å². The number of benzene rings is 8. The minimum absolute atomic E-state index is 0.597. The Morgan fingerprint density at radius 3 is 1.08 bits per heavy atom. The summed E-state index contributed by atoms with van der Waals surface area (Å²) in [5.74, 6) is 0. The molecule has 1 aromatic heterocycles. The zero-order valence-corrected chi connectivity index (χ0v) is 29.2. The van der Waals surface area contributed by atoms with Crippen LogP contribution in [-0.4, -0.2) is 0 Å². The molecule has 0 saturated carbocycles. The van der Waals surface area contributed by atoms with E-state index in [1.54, 1.807) is 0 Å². The van der Waals surface area contributed by atoms with Crippen LogP contribution in [0.2, 0.25) is 0 Å². The Labute approximate surface area is 307 Å². The Kier molecular flexibility index (Phi) is 7.62. The largest absolute Gasteiger partial charge is 0.456 e. The fourth-order valence-corrected chi connectivity index (χ4v) is 7.42. The lowest BCUT2D eigenvalue weighted by molar-refractivity contribution is 0.669. The van der Waals surface area contributed by atoms with Crippen LogP contribution in [0.15, 0.2) is 162 Å². The van der Waals surface area contributed by atoms with Gasteiger partial charge in [0.05, 0.1) is 24.5 Å². The van der Waals surface area contributed by atoms with Crippen LogP contribution in [0.25, 0.3) is 53.2 Å². The highest BCUT2D eigenvalue weighted by atomic mass is 16.3. The first-order valence-corrected chi connectivity index (χ1v) is 17.5. The van der Waals surface area contributed by atoms with Crippen LogP contribution in [0.1, 0.15) is 11.1 Å². The van der Waals surface area contributed by atoms with Gasteiger partial charge in [0.1, 0.15) is 11.2 Å². The molecule has 0 unspecified atom stereocenters. The molecule has 0 spiro atoms. The van der Waals surface area contributed by atoms with Gasteiger partial charge in [-0.2, -0.15) is 0 Å². The number of furan rings is 1. The molecule has 0 saturated heterocycles. The quantitative estimate of drug-likeness (QED) is 0.164. The Hall–Kier alpha value is -7.34. The van der Waals surface area contributed by atoms with Gasteiger partial charge in [-0.3, -0.25) is 0 Å². The second-order valence-electron chi connectivity index (χ2n) is 13.3. The Morgan fingerprint density at radius 1 is 0.415 bits per heavy atom. The van der Waals surface area contributed by atoms with E-state index in [9.17, 15) is 0 Å². The summed E-state index contributed by atoms with van der Waals surface area (Å²) >= 11 is 0. The molecular weight excluding hydrogens is 649 g/mol. The first kappa shape index (κ1) is 31.6. The van der Waals surface area contributed by atoms with Crippen LogP contribution >= 0.6 is 0 Å². The van der Waals surface area contributed by atoms with E-state index >= 15 is 0 Å². The lowest BCUT2D eigenvalue weighted by Crippen LogP contribution is -2.10. The zero-order valence-electron chi connectivity index (χ0n) is 29.2. The molecule has 9 aromatic rings. The minimum Gasteiger partial charge on any atom is -0.456 e. The van der Waals surface area contributed by atoms with Crippen LogP contribution in [0.5, 0.6) is 0 Å². The van der Waals surface area contributed by atoms with Crippen LogP contribution in [0.3, 0.4) is 0 Å². The molecule has 0 aliphatic carbocycles. The van der Waals surface area contributed by atoms with Gasteiger partial charge >= 0.3 is 0 Å². The SMILES string of the molecule is [C-]#[N+]c1ccc(N(c2ccc(C)cc2)c2cc3oc4cc(N(c5ccc(C)cc5)c5ccc([N+]#[C-])cc5)c5ccccc5c4c3c3ccccc23)cc1. The minimum atomic E-state index is 0.597. The van der Waals surface area contributed by atoms with Gasteiger partial charge in [0, 0.05) is 56.4 Å². The predicted molar refractivity (Wildman–Crippen MR) is 220 cm³/mol. The molecule has 0 aliphatic rings. The molecule has 0 aliphatic heterocycles. The maximum absolute atomic E-state index is 7.53. The number of nitrogens with zero attached hydrogens (tertiary/aromatic N) is 4. The van der Waals surface area contributed by atoms with Crippen molar-refractivity contribution < 1.29 is 4.42 Å². The summed E-state index contributed by atoms with van der Waals surface area (Å²) in [6.45, 7) is 19.2. The van der Waals surface area contributed by atoms with Crippen LogP contribution in [0.4, 0.5) is 45.5 Å². The van der Waals surface area contributed by atoms with Gasteiger partial charge in [0.2, 0.25) is 0 Å². The summed E-state index contributed by atoms with van der Waals surface area (Å²) in [5.41, 5.74) is 11.0. The molecule has 9 rings (SSSR count). The van der Waals surface area contributed by atoms with Crippen molar-refractivity contribution in [2.75, 3.05) is 9.80 Å². The van der Waals surface area contributed by atoms with E-state index in [1.807, 2.05) is 48.5 Å². The highest BCUT2D eigenvalue weighted by molar-refractivity contribution is 6.30. The van der Waals surface area contributed by atoms with Crippen molar-refractivity contribution in [2.45, 2.75) is 13.8 Å². The maximum Gasteiger partial charge on any atom is 0.187 e. The third kappa shape index (κ3) is 5.40. The fourth-order valence-electron chi connectivity index (χ4n) is 7.42. The zero-order chi connectivity index (χ0) is 36.1. The summed E-state index contributed by atoms with van der Waals surface area (Å²) in [4.78, 5) is 11.8. The first-order valence-electron chi connectivity index (χ1n) is 17.5. The highest BCUT2D eigenvalue weighted by Crippen LogP contribution is 2.49. The summed E-state index contributed by atoms with van der Waals surface area (Å²) in [7, 11) is 0. The van der Waals surface area contributed by atoms with Crippen LogP contribution in [-0.2, 0) is 0 Å². The van der Waals surface area contributed by atoms with Crippen molar-refractivity contribution in [3.63, 3.8) is 0 Å². The van der Waals surface area contributed by atoms with E-state index < -0.39 is 0 Å². The lowest BCUT2D eigenvalue weighted by atomic mass is 9.96. The molecule has 0 N–H and O–H groups in total. The molecule has 1 heterocycles. The van der Waals surface area contributed by atoms with E-state index in [0.29, 0.717) is 11.4 Å². The van der Waals surface area contributed by atoms with Crippen LogP contribution in [0, 0.1) is 27.0 Å². The van der Waals surface area contributed by atoms with Crippen molar-refractivity contribution in [1.29, 1.82) is 0 Å². The number of rotatable bonds is 6. The molecule has 53 heavy (non-hydrogen) atoms. The number of fused-ring (bicyclic) bond motifs is 7. The predicted octanol–water partition coefficient (Wildman–Crippen LogP) is 14.6. The van der Waals surface area contributed by atoms with Crippen molar-refractivity contribution in [3.8, 4) is 0 Å². The van der Waals surface area contributed by atoms with Gasteiger partial charge in [-0.25, -0.2) is 9.69 Å². The third-order valence-corrected chi connectivity index (χ3v) is 9.98. The number of aryl methyl sites for hydroxylation is 2. The number of hydrogen-bond acceptors (Lipinski definition) is 3. The number of hydrogen-bond donors (Lipinski definition) is 0. The average Bonchev–Trinajstić information content (AvgIpc) is 3.59. The fraction of sp³-hybridized carbons (Fsp3) is 0.0417. The van der Waals surface area contributed by atoms with E-state index in [4.69, 9.17) is 17.6 Å². The average molecular weight is 681 g/mol. The second-order valence-corrected chi connectivity index (χ2v) is 13.3. The first-order chi connectivity index (χ1) is 26.0. The smallest absolute Gasteiger partial charge is 0.187 e. The Balaban J connectivity index is 1.34. The molecule has 8 aromatic carbocycles. The summed E-state index contributed by atoms with van der Waals surface area (Å²) in [5, 5.41) is 6.50. The Morgan fingerprint density at radius 2 is 0.736 bits per heavy atom. The molecule has 0 fully saturated rings. The van der Waals surface area contributed by atoms with Gasteiger partial charge in [-0.05, 0) is 73.2 Å². The summed E-state index contributed by atoms with van der Waals surface area (Å²) in [6.07, 6.45) is 0. The van der Waals surface area contributed by atoms with E-state index in [0.717, 1.165) is 77.6 Å². The number of anilines is 6. The van der Waals surface area contributed by atoms with Gasteiger partial charge in [-0.1, -0.05) is 108 Å². The molecule has 0 atom stereocenters. The van der Waals surface area contributed by atoms with E-state index in [1.165, 1.54) is 11.1 Å². The van der Waals surface area contributed by atoms with E-state index in [2.05, 4.69) is 143 Å². The molecule has 5 nitrogen and oxygen atoms in total. The van der Waals surface area contributed by atoms with Gasteiger partial charge < -0.3 is 14.2 Å². The topological polar surface area (TPSA) is 28.3 Å². The normalized spacial score (nSPS) is 11.2. The summed E-state index contributed by atoms with van der Waals surface area (Å²) < 4.78 is 6.97. The van der Waals surface area contributed by atoms with E-state index in [-0.39, 0.29) is 0 Å². The lowest BCUT2D eigenvalue weighted by Gasteiger charge is -2.27. The Bertz CT molecular complexity index is 2710. The molecule has 0 amide bonds. The monoisotopic (exact) mass is 680 g/mol. The molecular formula is C48H32N4O. The molecule has 0 radical (unpaired) electrons. The highest BCUT2D eigenvalue weighted by Gasteiger charge is 2.24. The van der Waals surface area contributed by atoms with Crippen molar-refractivity contribution in [2.24, 2.45) is 0 Å². The standard InChI is InChI=1S/C48H32N4O/c1-31-13-21-35(22-14-31)51(37-25-17-33(49-3)18-26-37)43-29-45-47(41-11-7-5-9-39(41)43)48-42-12-8-6-10-40(42)44(30-46(48)53-45)52(36-23-15-32(2)16-24-36)38-27-19-34(50-4)20-28-38/h5-30H,1-2H3. The van der Waals surface area contributed by atoms with Gasteiger partial charge in [0.15, 0.2) is 11.4 Å². The summed E-state index contributed by atoms with van der Waals surface area (Å²) in [6, 6.07) is 54.0. The maximum atomic E-state index is 7.53. The van der Waals surface area contributed by atoms with Crippen LogP contribution < -0.4 is 9.80 Å².